The van der Waals surface area contributed by atoms with E-state index in [2.05, 4.69) is 9.97 Å². The van der Waals surface area contributed by atoms with Gasteiger partial charge in [0.2, 0.25) is 0 Å². The number of nitrogens with one attached hydrogen (secondary N) is 1. The fourth-order valence-corrected chi connectivity index (χ4v) is 2.38. The first kappa shape index (κ1) is 9.66. The first-order valence-electron chi connectivity index (χ1n) is 5.65. The minimum Gasteiger partial charge on any atom is -0.472 e. The van der Waals surface area contributed by atoms with E-state index in [0.717, 1.165) is 29.9 Å². The minimum absolute atomic E-state index is 0.248. The molecule has 0 aliphatic heterocycles. The molecule has 0 atom stereocenters. The van der Waals surface area contributed by atoms with E-state index in [1.54, 1.807) is 12.5 Å². The van der Waals surface area contributed by atoms with Crippen molar-refractivity contribution in [2.75, 3.05) is 0 Å². The van der Waals surface area contributed by atoms with Gasteiger partial charge in [-0.25, -0.2) is 4.98 Å². The zero-order valence-corrected chi connectivity index (χ0v) is 9.07. The number of nitrogens with zero attached hydrogens (tertiary/aromatic N) is 1. The predicted molar refractivity (Wildman–Crippen MR) is 60.6 cm³/mol. The highest BCUT2D eigenvalue weighted by Crippen LogP contribution is 2.35. The summed E-state index contributed by atoms with van der Waals surface area (Å²) in [6.45, 7) is 0. The van der Waals surface area contributed by atoms with Gasteiger partial charge in [-0.1, -0.05) is 12.8 Å². The molecule has 2 heterocycles. The Balaban J connectivity index is 1.93. The number of H-pyrrole nitrogens is 1. The average Bonchev–Trinajstić information content (AvgIpc) is 2.98. The number of nitrogens with two attached hydrogens (primary N) is 1. The lowest BCUT2D eigenvalue weighted by Crippen LogP contribution is -2.34. The summed E-state index contributed by atoms with van der Waals surface area (Å²) in [4.78, 5) is 7.71. The third-order valence-electron chi connectivity index (χ3n) is 3.38. The molecule has 84 valence electrons. The SMILES string of the molecule is NC1(c2ncc(-c3ccoc3)[nH]2)CCCC1. The lowest BCUT2D eigenvalue weighted by Gasteiger charge is -2.20. The topological polar surface area (TPSA) is 67.8 Å². The molecule has 0 amide bonds. The predicted octanol–water partition coefficient (Wildman–Crippen LogP) is 2.40. The van der Waals surface area contributed by atoms with Gasteiger partial charge >= 0.3 is 0 Å². The van der Waals surface area contributed by atoms with Crippen molar-refractivity contribution < 1.29 is 4.42 Å². The highest BCUT2D eigenvalue weighted by atomic mass is 16.3. The van der Waals surface area contributed by atoms with Gasteiger partial charge in [-0.05, 0) is 18.9 Å². The van der Waals surface area contributed by atoms with Crippen molar-refractivity contribution in [1.29, 1.82) is 0 Å². The number of hydrogen-bond donors (Lipinski definition) is 2. The molecule has 2 aromatic rings. The normalized spacial score (nSPS) is 19.1. The van der Waals surface area contributed by atoms with Crippen LogP contribution in [0.2, 0.25) is 0 Å². The summed E-state index contributed by atoms with van der Waals surface area (Å²) in [7, 11) is 0. The lowest BCUT2D eigenvalue weighted by atomic mass is 9.99. The lowest BCUT2D eigenvalue weighted by molar-refractivity contribution is 0.436. The molecule has 0 saturated heterocycles. The Morgan fingerprint density at radius 1 is 1.38 bits per heavy atom. The maximum atomic E-state index is 6.33. The number of furan rings is 1. The van der Waals surface area contributed by atoms with Crippen LogP contribution in [0.15, 0.2) is 29.2 Å². The van der Waals surface area contributed by atoms with Crippen molar-refractivity contribution >= 4 is 0 Å². The number of aromatic amines is 1. The van der Waals surface area contributed by atoms with E-state index in [4.69, 9.17) is 10.2 Å². The summed E-state index contributed by atoms with van der Waals surface area (Å²) in [5, 5.41) is 0. The van der Waals surface area contributed by atoms with E-state index in [1.807, 2.05) is 12.3 Å². The zero-order valence-electron chi connectivity index (χ0n) is 9.07. The second-order valence-electron chi connectivity index (χ2n) is 4.52. The summed E-state index contributed by atoms with van der Waals surface area (Å²) < 4.78 is 5.05. The summed E-state index contributed by atoms with van der Waals surface area (Å²) in [6.07, 6.45) is 9.61. The standard InChI is InChI=1S/C12H15N3O/c13-12(4-1-2-5-12)11-14-7-10(15-11)9-3-6-16-8-9/h3,6-8H,1-2,4-5,13H2,(H,14,15). The van der Waals surface area contributed by atoms with Crippen molar-refractivity contribution in [1.82, 2.24) is 9.97 Å². The van der Waals surface area contributed by atoms with Crippen LogP contribution in [-0.4, -0.2) is 9.97 Å². The van der Waals surface area contributed by atoms with Crippen LogP contribution in [-0.2, 0) is 5.54 Å². The van der Waals surface area contributed by atoms with E-state index >= 15 is 0 Å². The summed E-state index contributed by atoms with van der Waals surface area (Å²) >= 11 is 0. The third-order valence-corrected chi connectivity index (χ3v) is 3.38. The van der Waals surface area contributed by atoms with Crippen molar-refractivity contribution in [3.8, 4) is 11.3 Å². The Kier molecular flexibility index (Phi) is 2.11. The quantitative estimate of drug-likeness (QED) is 0.811. The third kappa shape index (κ3) is 1.46. The second kappa shape index (κ2) is 3.49. The Morgan fingerprint density at radius 3 is 2.88 bits per heavy atom. The van der Waals surface area contributed by atoms with Crippen molar-refractivity contribution in [2.45, 2.75) is 31.2 Å². The number of hydrogen-bond acceptors (Lipinski definition) is 3. The zero-order chi connectivity index (χ0) is 11.0. The van der Waals surface area contributed by atoms with Crippen LogP contribution in [0.1, 0.15) is 31.5 Å². The van der Waals surface area contributed by atoms with Crippen molar-refractivity contribution in [3.05, 3.63) is 30.6 Å². The van der Waals surface area contributed by atoms with E-state index < -0.39 is 0 Å². The first-order chi connectivity index (χ1) is 7.78. The molecule has 1 aliphatic carbocycles. The van der Waals surface area contributed by atoms with Gasteiger partial charge in [0.25, 0.3) is 0 Å². The van der Waals surface area contributed by atoms with Gasteiger partial charge in [-0.15, -0.1) is 0 Å². The molecule has 0 aromatic carbocycles. The molecule has 0 unspecified atom stereocenters. The average molecular weight is 217 g/mol. The molecule has 3 N–H and O–H groups in total. The largest absolute Gasteiger partial charge is 0.472 e. The first-order valence-corrected chi connectivity index (χ1v) is 5.65. The van der Waals surface area contributed by atoms with Gasteiger partial charge in [-0.2, -0.15) is 0 Å². The molecule has 1 aliphatic rings. The molecule has 1 fully saturated rings. The van der Waals surface area contributed by atoms with Crippen LogP contribution in [0.3, 0.4) is 0 Å². The van der Waals surface area contributed by atoms with E-state index in [1.165, 1.54) is 12.8 Å². The smallest absolute Gasteiger partial charge is 0.126 e. The van der Waals surface area contributed by atoms with Crippen molar-refractivity contribution in [3.63, 3.8) is 0 Å². The fraction of sp³-hybridized carbons (Fsp3) is 0.417. The molecule has 0 radical (unpaired) electrons. The van der Waals surface area contributed by atoms with E-state index in [0.29, 0.717) is 0 Å². The molecule has 4 heteroatoms. The minimum atomic E-state index is -0.248. The number of aromatic nitrogens is 2. The van der Waals surface area contributed by atoms with E-state index in [9.17, 15) is 0 Å². The van der Waals surface area contributed by atoms with Crippen LogP contribution in [0.25, 0.3) is 11.3 Å². The van der Waals surface area contributed by atoms with Gasteiger partial charge in [0, 0.05) is 5.56 Å². The van der Waals surface area contributed by atoms with E-state index in [-0.39, 0.29) is 5.54 Å². The molecular formula is C12H15N3O. The molecule has 16 heavy (non-hydrogen) atoms. The summed E-state index contributed by atoms with van der Waals surface area (Å²) in [5.74, 6) is 0.904. The van der Waals surface area contributed by atoms with Gasteiger partial charge in [0.15, 0.2) is 0 Å². The Morgan fingerprint density at radius 2 is 2.19 bits per heavy atom. The highest BCUT2D eigenvalue weighted by molar-refractivity contribution is 5.56. The van der Waals surface area contributed by atoms with Gasteiger partial charge in [0.05, 0.1) is 30.0 Å². The maximum Gasteiger partial charge on any atom is 0.126 e. The monoisotopic (exact) mass is 217 g/mol. The Hall–Kier alpha value is -1.55. The molecule has 3 rings (SSSR count). The van der Waals surface area contributed by atoms with Crippen LogP contribution in [0.4, 0.5) is 0 Å². The summed E-state index contributed by atoms with van der Waals surface area (Å²) in [5.41, 5.74) is 8.07. The molecule has 0 bridgehead atoms. The van der Waals surface area contributed by atoms with Crippen molar-refractivity contribution in [2.24, 2.45) is 5.73 Å². The molecule has 1 saturated carbocycles. The number of rotatable bonds is 2. The Labute approximate surface area is 93.9 Å². The summed E-state index contributed by atoms with van der Waals surface area (Å²) in [6, 6.07) is 1.91. The van der Waals surface area contributed by atoms with Gasteiger partial charge in [-0.3, -0.25) is 0 Å². The van der Waals surface area contributed by atoms with Crippen LogP contribution < -0.4 is 5.73 Å². The Bertz CT molecular complexity index is 466. The van der Waals surface area contributed by atoms with Gasteiger partial charge < -0.3 is 15.1 Å². The second-order valence-corrected chi connectivity index (χ2v) is 4.52. The molecular weight excluding hydrogens is 202 g/mol. The molecule has 2 aromatic heterocycles. The highest BCUT2D eigenvalue weighted by Gasteiger charge is 2.33. The fourth-order valence-electron chi connectivity index (χ4n) is 2.38. The van der Waals surface area contributed by atoms with Gasteiger partial charge in [0.1, 0.15) is 5.82 Å². The number of imidazole rings is 1. The maximum absolute atomic E-state index is 6.33. The van der Waals surface area contributed by atoms with Crippen LogP contribution in [0, 0.1) is 0 Å². The van der Waals surface area contributed by atoms with Crippen LogP contribution >= 0.6 is 0 Å². The van der Waals surface area contributed by atoms with Crippen LogP contribution in [0.5, 0.6) is 0 Å². The molecule has 0 spiro atoms. The molecule has 4 nitrogen and oxygen atoms in total.